The van der Waals surface area contributed by atoms with Crippen molar-refractivity contribution in [2.24, 2.45) is 5.73 Å². The van der Waals surface area contributed by atoms with E-state index in [0.29, 0.717) is 12.7 Å². The summed E-state index contributed by atoms with van der Waals surface area (Å²) in [6.45, 7) is 3.41. The Morgan fingerprint density at radius 3 is 1.58 bits per heavy atom. The summed E-state index contributed by atoms with van der Waals surface area (Å²) in [5.41, 5.74) is 4.13. The molecule has 0 aromatic heterocycles. The zero-order chi connectivity index (χ0) is 9.71. The summed E-state index contributed by atoms with van der Waals surface area (Å²) >= 11 is 0. The van der Waals surface area contributed by atoms with Gasteiger partial charge in [0, 0.05) is 0 Å². The van der Waals surface area contributed by atoms with Crippen LogP contribution >= 0.6 is 12.4 Å². The minimum atomic E-state index is -3.67. The van der Waals surface area contributed by atoms with E-state index in [1.165, 1.54) is 0 Å². The van der Waals surface area contributed by atoms with Gasteiger partial charge in [-0.25, -0.2) is 0 Å². The first kappa shape index (κ1) is 18.0. The number of hydrogen-bond acceptors (Lipinski definition) is 4. The van der Waals surface area contributed by atoms with E-state index in [9.17, 15) is 8.42 Å². The summed E-state index contributed by atoms with van der Waals surface area (Å²) in [5.74, 6) is 0. The van der Waals surface area contributed by atoms with Gasteiger partial charge in [-0.2, -0.15) is 8.42 Å². The summed E-state index contributed by atoms with van der Waals surface area (Å²) in [7, 11) is -3.67. The zero-order valence-electron chi connectivity index (χ0n) is 7.31. The average Bonchev–Trinajstić information content (AvgIpc) is 1.59. The van der Waals surface area contributed by atoms with E-state index in [0.717, 1.165) is 0 Å². The second-order valence-electron chi connectivity index (χ2n) is 2.44. The van der Waals surface area contributed by atoms with E-state index in [1.807, 2.05) is 6.92 Å². The highest BCUT2D eigenvalue weighted by atomic mass is 35.5. The van der Waals surface area contributed by atoms with E-state index >= 15 is 0 Å². The molecular weight excluding hydrogens is 206 g/mol. The molecule has 0 bridgehead atoms. The number of aliphatic hydroxyl groups is 1. The maximum Gasteiger partial charge on any atom is 0.261 e. The molecule has 0 aliphatic heterocycles. The fraction of sp³-hybridized carbons (Fsp3) is 1.00. The lowest BCUT2D eigenvalue weighted by atomic mass is 10.2. The van der Waals surface area contributed by atoms with Gasteiger partial charge in [0.1, 0.15) is 5.72 Å². The Bertz CT molecular complexity index is 176. The Morgan fingerprint density at radius 2 is 1.58 bits per heavy atom. The van der Waals surface area contributed by atoms with Gasteiger partial charge in [0.05, 0.1) is 6.26 Å². The van der Waals surface area contributed by atoms with Crippen molar-refractivity contribution >= 4 is 22.5 Å². The van der Waals surface area contributed by atoms with Crippen molar-refractivity contribution in [1.29, 1.82) is 0 Å². The third-order valence-electron chi connectivity index (χ3n) is 0.716. The normalized spacial score (nSPS) is 14.8. The molecule has 1 atom stereocenters. The highest BCUT2D eigenvalue weighted by Gasteiger charge is 2.06. The van der Waals surface area contributed by atoms with Gasteiger partial charge in [0.25, 0.3) is 10.1 Å². The highest BCUT2D eigenvalue weighted by Crippen LogP contribution is 1.94. The van der Waals surface area contributed by atoms with Crippen LogP contribution in [0.3, 0.4) is 0 Å². The van der Waals surface area contributed by atoms with E-state index in [2.05, 4.69) is 0 Å². The first-order chi connectivity index (χ1) is 4.56. The number of hydrogen-bond donors (Lipinski definition) is 3. The minimum absolute atomic E-state index is 0. The Hall–Kier alpha value is 0.120. The van der Waals surface area contributed by atoms with Crippen LogP contribution in [0.5, 0.6) is 0 Å². The molecule has 0 aliphatic rings. The molecule has 0 radical (unpaired) electrons. The second-order valence-corrected chi connectivity index (χ2v) is 3.91. The Kier molecular flexibility index (Phi) is 9.93. The molecule has 78 valence electrons. The van der Waals surface area contributed by atoms with E-state index in [4.69, 9.17) is 15.4 Å². The van der Waals surface area contributed by atoms with Crippen LogP contribution in [0.4, 0.5) is 0 Å². The predicted octanol–water partition coefficient (Wildman–Crippen LogP) is -0.0106. The smallest absolute Gasteiger partial charge is 0.261 e. The van der Waals surface area contributed by atoms with Gasteiger partial charge in [-0.05, 0) is 13.3 Å². The van der Waals surface area contributed by atoms with Gasteiger partial charge in [-0.15, -0.1) is 12.4 Å². The van der Waals surface area contributed by atoms with Crippen LogP contribution in [0.2, 0.25) is 0 Å². The van der Waals surface area contributed by atoms with Crippen molar-refractivity contribution in [2.45, 2.75) is 26.0 Å². The highest BCUT2D eigenvalue weighted by molar-refractivity contribution is 7.85. The summed E-state index contributed by atoms with van der Waals surface area (Å²) in [4.78, 5) is 0. The molecule has 0 fully saturated rings. The lowest BCUT2D eigenvalue weighted by Gasteiger charge is -2.11. The number of rotatable bonds is 1. The molecule has 0 aromatic rings. The fourth-order valence-electron chi connectivity index (χ4n) is 0. The molecule has 0 heterocycles. The number of halogens is 1. The molecule has 0 rings (SSSR count). The SMILES string of the molecule is CCC(C)(N)O.CS(=O)(=O)O.Cl. The molecule has 0 saturated heterocycles. The van der Waals surface area contributed by atoms with Crippen molar-refractivity contribution < 1.29 is 18.1 Å². The third kappa shape index (κ3) is 86.5. The molecule has 5 nitrogen and oxygen atoms in total. The fourth-order valence-corrected chi connectivity index (χ4v) is 0. The number of nitrogens with two attached hydrogens (primary N) is 1. The van der Waals surface area contributed by atoms with Gasteiger partial charge in [-0.3, -0.25) is 4.55 Å². The van der Waals surface area contributed by atoms with E-state index < -0.39 is 15.8 Å². The van der Waals surface area contributed by atoms with Crippen LogP contribution < -0.4 is 5.73 Å². The van der Waals surface area contributed by atoms with Crippen molar-refractivity contribution in [3.05, 3.63) is 0 Å². The van der Waals surface area contributed by atoms with Crippen LogP contribution in [0.25, 0.3) is 0 Å². The quantitative estimate of drug-likeness (QED) is 0.427. The Balaban J connectivity index is -0.000000126. The first-order valence-corrected chi connectivity index (χ1v) is 4.85. The molecule has 0 aliphatic carbocycles. The van der Waals surface area contributed by atoms with Gasteiger partial charge in [0.15, 0.2) is 0 Å². The molecule has 7 heteroatoms. The van der Waals surface area contributed by atoms with Crippen LogP contribution in [0.15, 0.2) is 0 Å². The summed E-state index contributed by atoms with van der Waals surface area (Å²) in [5, 5.41) is 8.60. The maximum absolute atomic E-state index is 9.19. The summed E-state index contributed by atoms with van der Waals surface area (Å²) < 4.78 is 25.9. The van der Waals surface area contributed by atoms with Crippen LogP contribution in [0.1, 0.15) is 20.3 Å². The lowest BCUT2D eigenvalue weighted by Crippen LogP contribution is -2.34. The van der Waals surface area contributed by atoms with Crippen LogP contribution in [0, 0.1) is 0 Å². The van der Waals surface area contributed by atoms with E-state index in [-0.39, 0.29) is 12.4 Å². The predicted molar refractivity (Wildman–Crippen MR) is 49.8 cm³/mol. The molecule has 0 saturated carbocycles. The largest absolute Gasteiger partial charge is 0.376 e. The molecule has 4 N–H and O–H groups in total. The third-order valence-corrected chi connectivity index (χ3v) is 0.716. The van der Waals surface area contributed by atoms with Gasteiger partial charge in [-0.1, -0.05) is 6.92 Å². The molecule has 0 spiro atoms. The van der Waals surface area contributed by atoms with Gasteiger partial charge in [0.2, 0.25) is 0 Å². The van der Waals surface area contributed by atoms with Crippen molar-refractivity contribution in [3.8, 4) is 0 Å². The Labute approximate surface area is 79.1 Å². The van der Waals surface area contributed by atoms with Crippen LogP contribution in [-0.2, 0) is 10.1 Å². The first-order valence-electron chi connectivity index (χ1n) is 3.00. The molecular formula is C5H16ClNO4S. The molecule has 1 unspecified atom stereocenters. The Morgan fingerprint density at radius 1 is 1.50 bits per heavy atom. The van der Waals surface area contributed by atoms with Gasteiger partial charge >= 0.3 is 0 Å². The van der Waals surface area contributed by atoms with Gasteiger partial charge < -0.3 is 10.8 Å². The molecule has 0 aromatic carbocycles. The zero-order valence-corrected chi connectivity index (χ0v) is 8.94. The topological polar surface area (TPSA) is 101 Å². The van der Waals surface area contributed by atoms with Crippen molar-refractivity contribution in [3.63, 3.8) is 0 Å². The van der Waals surface area contributed by atoms with Crippen molar-refractivity contribution in [1.82, 2.24) is 0 Å². The van der Waals surface area contributed by atoms with E-state index in [1.54, 1.807) is 6.92 Å². The standard InChI is InChI=1S/C4H11NO.CH4O3S.ClH/c1-3-4(2,5)6;1-5(2,3)4;/h6H,3,5H2,1-2H3;1H3,(H,2,3,4);1H. The molecule has 12 heavy (non-hydrogen) atoms. The van der Waals surface area contributed by atoms with Crippen LogP contribution in [-0.4, -0.2) is 30.1 Å². The molecule has 0 amide bonds. The van der Waals surface area contributed by atoms with Crippen molar-refractivity contribution in [2.75, 3.05) is 6.26 Å². The summed E-state index contributed by atoms with van der Waals surface area (Å²) in [6.07, 6.45) is 1.32. The minimum Gasteiger partial charge on any atom is -0.376 e. The lowest BCUT2D eigenvalue weighted by molar-refractivity contribution is 0.0632. The monoisotopic (exact) mass is 221 g/mol. The second kappa shape index (κ2) is 6.62. The average molecular weight is 222 g/mol. The maximum atomic E-state index is 9.19. The summed E-state index contributed by atoms with van der Waals surface area (Å²) in [6, 6.07) is 0.